The fourth-order valence-corrected chi connectivity index (χ4v) is 2.43. The first kappa shape index (κ1) is 16.4. The van der Waals surface area contributed by atoms with Crippen LogP contribution in [0.1, 0.15) is 5.56 Å². The van der Waals surface area contributed by atoms with Crippen molar-refractivity contribution in [1.29, 1.82) is 0 Å². The van der Waals surface area contributed by atoms with E-state index in [1.807, 2.05) is 30.3 Å². The topological polar surface area (TPSA) is 90.2 Å². The first-order valence-electron chi connectivity index (χ1n) is 7.61. The first-order valence-corrected chi connectivity index (χ1v) is 7.61. The molecule has 0 atom stereocenters. The molecule has 0 saturated heterocycles. The number of aromatic nitrogens is 2. The fourth-order valence-electron chi connectivity index (χ4n) is 2.43. The van der Waals surface area contributed by atoms with Crippen LogP contribution in [0.4, 0.5) is 11.5 Å². The molecule has 3 aromatic rings. The molecule has 7 heteroatoms. The van der Waals surface area contributed by atoms with Gasteiger partial charge in [0.25, 0.3) is 5.69 Å². The summed E-state index contributed by atoms with van der Waals surface area (Å²) in [6.07, 6.45) is 1.65. The van der Waals surface area contributed by atoms with E-state index in [-0.39, 0.29) is 5.69 Å². The third kappa shape index (κ3) is 3.72. The lowest BCUT2D eigenvalue weighted by molar-refractivity contribution is -0.384. The maximum absolute atomic E-state index is 11.3. The molecular formula is C18H16N4O3. The molecule has 0 bridgehead atoms. The van der Waals surface area contributed by atoms with Crippen LogP contribution in [0, 0.1) is 10.1 Å². The quantitative estimate of drug-likeness (QED) is 0.545. The second kappa shape index (κ2) is 7.39. The van der Waals surface area contributed by atoms with Crippen LogP contribution in [0.2, 0.25) is 0 Å². The molecule has 0 saturated carbocycles. The maximum Gasteiger partial charge on any atom is 0.295 e. The number of nitrogens with one attached hydrogen (secondary N) is 1. The third-order valence-electron chi connectivity index (χ3n) is 3.62. The van der Waals surface area contributed by atoms with Crippen molar-refractivity contribution in [3.8, 4) is 17.1 Å². The molecule has 0 amide bonds. The van der Waals surface area contributed by atoms with Crippen molar-refractivity contribution >= 4 is 11.5 Å². The summed E-state index contributed by atoms with van der Waals surface area (Å²) in [5.74, 6) is 1.07. The van der Waals surface area contributed by atoms with E-state index in [2.05, 4.69) is 15.3 Å². The summed E-state index contributed by atoms with van der Waals surface area (Å²) in [5.41, 5.74) is 1.85. The van der Waals surface area contributed by atoms with Gasteiger partial charge in [0.2, 0.25) is 5.88 Å². The van der Waals surface area contributed by atoms with Gasteiger partial charge in [0, 0.05) is 29.9 Å². The zero-order chi connectivity index (χ0) is 17.6. The Kier molecular flexibility index (Phi) is 4.84. The molecule has 2 aromatic heterocycles. The lowest BCUT2D eigenvalue weighted by Gasteiger charge is -2.10. The number of pyridine rings is 2. The Labute approximate surface area is 144 Å². The summed E-state index contributed by atoms with van der Waals surface area (Å²) >= 11 is 0. The predicted octanol–water partition coefficient (Wildman–Crippen LogP) is 3.67. The van der Waals surface area contributed by atoms with Crippen LogP contribution in [0.15, 0.2) is 60.8 Å². The lowest BCUT2D eigenvalue weighted by atomic mass is 10.1. The highest BCUT2D eigenvalue weighted by molar-refractivity contribution is 5.71. The van der Waals surface area contributed by atoms with Gasteiger partial charge in [-0.2, -0.15) is 0 Å². The van der Waals surface area contributed by atoms with Gasteiger partial charge in [0.15, 0.2) is 5.69 Å². The summed E-state index contributed by atoms with van der Waals surface area (Å²) in [6.45, 7) is 0.441. The van der Waals surface area contributed by atoms with Crippen molar-refractivity contribution in [3.05, 3.63) is 76.5 Å². The SMILES string of the molecule is COc1ncccc1CNc1ccc([N+](=O)[O-])c(-c2ccccc2)n1. The molecule has 0 radical (unpaired) electrons. The molecule has 2 heterocycles. The van der Waals surface area contributed by atoms with Gasteiger partial charge >= 0.3 is 0 Å². The predicted molar refractivity (Wildman–Crippen MR) is 94.4 cm³/mol. The van der Waals surface area contributed by atoms with E-state index < -0.39 is 4.92 Å². The number of benzene rings is 1. The molecule has 3 rings (SSSR count). The Morgan fingerprint density at radius 3 is 2.64 bits per heavy atom. The number of anilines is 1. The summed E-state index contributed by atoms with van der Waals surface area (Å²) < 4.78 is 5.22. The smallest absolute Gasteiger partial charge is 0.295 e. The average molecular weight is 336 g/mol. The van der Waals surface area contributed by atoms with Crippen molar-refractivity contribution < 1.29 is 9.66 Å². The largest absolute Gasteiger partial charge is 0.481 e. The van der Waals surface area contributed by atoms with Crippen molar-refractivity contribution in [3.63, 3.8) is 0 Å². The normalized spacial score (nSPS) is 10.3. The second-order valence-electron chi connectivity index (χ2n) is 5.21. The van der Waals surface area contributed by atoms with Gasteiger partial charge in [0.1, 0.15) is 5.82 Å². The standard InChI is InChI=1S/C18H16N4O3/c1-25-18-14(8-5-11-19-18)12-20-16-10-9-15(22(23)24)17(21-16)13-6-3-2-4-7-13/h2-11H,12H2,1H3,(H,20,21). The van der Waals surface area contributed by atoms with Gasteiger partial charge in [-0.15, -0.1) is 0 Å². The number of rotatable bonds is 6. The average Bonchev–Trinajstić information content (AvgIpc) is 2.67. The summed E-state index contributed by atoms with van der Waals surface area (Å²) in [7, 11) is 1.56. The molecule has 0 aliphatic heterocycles. The van der Waals surface area contributed by atoms with Crippen molar-refractivity contribution in [2.75, 3.05) is 12.4 Å². The molecule has 7 nitrogen and oxygen atoms in total. The molecule has 25 heavy (non-hydrogen) atoms. The van der Waals surface area contributed by atoms with Gasteiger partial charge in [-0.1, -0.05) is 36.4 Å². The van der Waals surface area contributed by atoms with Crippen molar-refractivity contribution in [2.45, 2.75) is 6.54 Å². The van der Waals surface area contributed by atoms with Crippen molar-refractivity contribution in [2.24, 2.45) is 0 Å². The minimum absolute atomic E-state index is 0.0318. The number of ether oxygens (including phenoxy) is 1. The molecular weight excluding hydrogens is 320 g/mol. The molecule has 1 aromatic carbocycles. The van der Waals surface area contributed by atoms with E-state index in [1.54, 1.807) is 31.5 Å². The van der Waals surface area contributed by atoms with E-state index in [1.165, 1.54) is 6.07 Å². The number of nitrogens with zero attached hydrogens (tertiary/aromatic N) is 3. The van der Waals surface area contributed by atoms with Crippen LogP contribution in [0.3, 0.4) is 0 Å². The second-order valence-corrected chi connectivity index (χ2v) is 5.21. The summed E-state index contributed by atoms with van der Waals surface area (Å²) in [5, 5.41) is 14.4. The number of hydrogen-bond acceptors (Lipinski definition) is 6. The minimum atomic E-state index is -0.427. The number of methoxy groups -OCH3 is 1. The fraction of sp³-hybridized carbons (Fsp3) is 0.111. The van der Waals surface area contributed by atoms with Crippen molar-refractivity contribution in [1.82, 2.24) is 9.97 Å². The van der Waals surface area contributed by atoms with E-state index in [4.69, 9.17) is 4.74 Å². The highest BCUT2D eigenvalue weighted by Crippen LogP contribution is 2.29. The minimum Gasteiger partial charge on any atom is -0.481 e. The van der Waals surface area contributed by atoms with Gasteiger partial charge in [-0.25, -0.2) is 9.97 Å². The van der Waals surface area contributed by atoms with Crippen LogP contribution < -0.4 is 10.1 Å². The molecule has 0 aliphatic rings. The zero-order valence-corrected chi connectivity index (χ0v) is 13.5. The van der Waals surface area contributed by atoms with Gasteiger partial charge in [0.05, 0.1) is 12.0 Å². The number of hydrogen-bond donors (Lipinski definition) is 1. The summed E-state index contributed by atoms with van der Waals surface area (Å²) in [4.78, 5) is 19.4. The maximum atomic E-state index is 11.3. The lowest BCUT2D eigenvalue weighted by Crippen LogP contribution is -2.05. The molecule has 0 fully saturated rings. The van der Waals surface area contributed by atoms with Crippen LogP contribution in [0.5, 0.6) is 5.88 Å². The molecule has 0 unspecified atom stereocenters. The Bertz CT molecular complexity index is 884. The van der Waals surface area contributed by atoms with Crippen LogP contribution in [-0.4, -0.2) is 22.0 Å². The van der Waals surface area contributed by atoms with E-state index in [0.29, 0.717) is 29.5 Å². The Morgan fingerprint density at radius 2 is 1.92 bits per heavy atom. The van der Waals surface area contributed by atoms with Crippen LogP contribution in [-0.2, 0) is 6.54 Å². The Morgan fingerprint density at radius 1 is 1.12 bits per heavy atom. The number of nitro groups is 1. The van der Waals surface area contributed by atoms with Gasteiger partial charge in [-0.05, 0) is 12.1 Å². The Balaban J connectivity index is 1.89. The van der Waals surface area contributed by atoms with E-state index >= 15 is 0 Å². The van der Waals surface area contributed by atoms with E-state index in [0.717, 1.165) is 5.56 Å². The monoisotopic (exact) mass is 336 g/mol. The van der Waals surface area contributed by atoms with E-state index in [9.17, 15) is 10.1 Å². The zero-order valence-electron chi connectivity index (χ0n) is 13.5. The highest BCUT2D eigenvalue weighted by atomic mass is 16.6. The Hall–Kier alpha value is -3.48. The highest BCUT2D eigenvalue weighted by Gasteiger charge is 2.17. The third-order valence-corrected chi connectivity index (χ3v) is 3.62. The molecule has 126 valence electrons. The summed E-state index contributed by atoms with van der Waals surface area (Å²) in [6, 6.07) is 15.8. The molecule has 0 spiro atoms. The molecule has 0 aliphatic carbocycles. The first-order chi connectivity index (χ1) is 12.2. The molecule has 1 N–H and O–H groups in total. The van der Waals surface area contributed by atoms with Crippen LogP contribution >= 0.6 is 0 Å². The van der Waals surface area contributed by atoms with Gasteiger partial charge in [-0.3, -0.25) is 10.1 Å². The van der Waals surface area contributed by atoms with Gasteiger partial charge < -0.3 is 10.1 Å². The van der Waals surface area contributed by atoms with Crippen LogP contribution in [0.25, 0.3) is 11.3 Å².